The second-order valence-corrected chi connectivity index (χ2v) is 7.74. The van der Waals surface area contributed by atoms with Crippen molar-refractivity contribution >= 4 is 37.6 Å². The van der Waals surface area contributed by atoms with Crippen LogP contribution in [0.1, 0.15) is 5.56 Å². The summed E-state index contributed by atoms with van der Waals surface area (Å²) in [5.41, 5.74) is 1.40. The first-order valence-electron chi connectivity index (χ1n) is 6.38. The molecule has 0 bridgehead atoms. The Morgan fingerprint density at radius 2 is 1.71 bits per heavy atom. The van der Waals surface area contributed by atoms with E-state index in [1.807, 2.05) is 36.4 Å². The number of hydrogen-bond acceptors (Lipinski definition) is 2. The fraction of sp³-hybridized carbons (Fsp3) is 0.0625. The molecule has 5 heteroatoms. The van der Waals surface area contributed by atoms with E-state index in [4.69, 9.17) is 0 Å². The largest absolute Gasteiger partial charge is 0.282 e. The minimum absolute atomic E-state index is 0.156. The predicted octanol–water partition coefficient (Wildman–Crippen LogP) is 3.90. The highest BCUT2D eigenvalue weighted by Gasteiger charge is 2.29. The van der Waals surface area contributed by atoms with Crippen molar-refractivity contribution in [2.75, 3.05) is 5.75 Å². The van der Waals surface area contributed by atoms with E-state index in [0.29, 0.717) is 14.9 Å². The van der Waals surface area contributed by atoms with Gasteiger partial charge in [0.25, 0.3) is 5.91 Å². The standard InChI is InChI=1S/C16H12BrNO2S/c17-14-8-4-5-9-15(14)21(20)11-13(16(19)18-21)10-12-6-2-1-3-7-12/h1-10H,11H2/b13-10+. The van der Waals surface area contributed by atoms with Crippen LogP contribution in [-0.2, 0) is 14.5 Å². The van der Waals surface area contributed by atoms with Crippen LogP contribution in [0.4, 0.5) is 0 Å². The Morgan fingerprint density at radius 3 is 2.43 bits per heavy atom. The van der Waals surface area contributed by atoms with Crippen LogP contribution < -0.4 is 0 Å². The molecule has 3 rings (SSSR count). The molecule has 0 saturated carbocycles. The van der Waals surface area contributed by atoms with Gasteiger partial charge >= 0.3 is 0 Å². The van der Waals surface area contributed by atoms with Gasteiger partial charge in [-0.05, 0) is 39.7 Å². The summed E-state index contributed by atoms with van der Waals surface area (Å²) >= 11 is 3.38. The summed E-state index contributed by atoms with van der Waals surface area (Å²) < 4.78 is 17.6. The highest BCUT2D eigenvalue weighted by Crippen LogP contribution is 2.30. The highest BCUT2D eigenvalue weighted by molar-refractivity contribution is 9.10. The third-order valence-corrected chi connectivity index (χ3v) is 6.34. The Hall–Kier alpha value is -1.72. The molecule has 1 heterocycles. The Balaban J connectivity index is 2.01. The summed E-state index contributed by atoms with van der Waals surface area (Å²) in [6.07, 6.45) is 1.76. The van der Waals surface area contributed by atoms with Gasteiger partial charge in [-0.15, -0.1) is 0 Å². The van der Waals surface area contributed by atoms with E-state index in [0.717, 1.165) is 5.56 Å². The third kappa shape index (κ3) is 2.84. The maximum atomic E-state index is 13.0. The van der Waals surface area contributed by atoms with Crippen LogP contribution in [0.5, 0.6) is 0 Å². The fourth-order valence-corrected chi connectivity index (χ4v) is 5.22. The fourth-order valence-electron chi connectivity index (χ4n) is 2.18. The molecule has 1 aliphatic heterocycles. The van der Waals surface area contributed by atoms with Crippen LogP contribution in [-0.4, -0.2) is 15.9 Å². The molecule has 1 amide bonds. The van der Waals surface area contributed by atoms with Crippen LogP contribution in [0, 0.1) is 0 Å². The summed E-state index contributed by atoms with van der Waals surface area (Å²) in [5, 5.41) is 0. The molecule has 0 aliphatic carbocycles. The van der Waals surface area contributed by atoms with E-state index >= 15 is 0 Å². The number of nitrogens with zero attached hydrogens (tertiary/aromatic N) is 1. The van der Waals surface area contributed by atoms with E-state index in [1.165, 1.54) is 0 Å². The number of amides is 1. The van der Waals surface area contributed by atoms with Crippen LogP contribution in [0.15, 0.2) is 73.9 Å². The first kappa shape index (κ1) is 14.2. The third-order valence-electron chi connectivity index (χ3n) is 3.18. The molecule has 21 heavy (non-hydrogen) atoms. The molecule has 2 aromatic carbocycles. The van der Waals surface area contributed by atoms with Crippen molar-refractivity contribution in [3.05, 3.63) is 70.2 Å². The second kappa shape index (κ2) is 5.58. The van der Waals surface area contributed by atoms with Gasteiger partial charge < -0.3 is 0 Å². The quantitative estimate of drug-likeness (QED) is 0.761. The predicted molar refractivity (Wildman–Crippen MR) is 87.3 cm³/mol. The summed E-state index contributed by atoms with van der Waals surface area (Å²) in [6.45, 7) is 0. The van der Waals surface area contributed by atoms with E-state index in [-0.39, 0.29) is 11.7 Å². The second-order valence-electron chi connectivity index (χ2n) is 4.69. The number of benzene rings is 2. The first-order valence-corrected chi connectivity index (χ1v) is 8.85. The van der Waals surface area contributed by atoms with E-state index in [1.54, 1.807) is 24.3 Å². The minimum atomic E-state index is -2.72. The van der Waals surface area contributed by atoms with Gasteiger partial charge in [0.2, 0.25) is 0 Å². The van der Waals surface area contributed by atoms with E-state index < -0.39 is 9.73 Å². The molecule has 2 aromatic rings. The van der Waals surface area contributed by atoms with Gasteiger partial charge in [-0.25, -0.2) is 4.21 Å². The van der Waals surface area contributed by atoms with Crippen molar-refractivity contribution in [2.45, 2.75) is 4.90 Å². The average molecular weight is 362 g/mol. The first-order chi connectivity index (χ1) is 10.1. The molecule has 3 nitrogen and oxygen atoms in total. The number of hydrogen-bond donors (Lipinski definition) is 0. The zero-order valence-corrected chi connectivity index (χ0v) is 13.4. The SMILES string of the molecule is O=C1N=S(=O)(c2ccccc2Br)C/C1=C\c1ccccc1. The summed E-state index contributed by atoms with van der Waals surface area (Å²) in [5.74, 6) is -0.233. The lowest BCUT2D eigenvalue weighted by Gasteiger charge is -2.05. The topological polar surface area (TPSA) is 46.5 Å². The maximum Gasteiger partial charge on any atom is 0.282 e. The Morgan fingerprint density at radius 1 is 1.05 bits per heavy atom. The molecule has 0 fully saturated rings. The van der Waals surface area contributed by atoms with Crippen molar-refractivity contribution in [3.8, 4) is 0 Å². The maximum absolute atomic E-state index is 13.0. The lowest BCUT2D eigenvalue weighted by molar-refractivity contribution is -0.113. The number of rotatable bonds is 2. The monoisotopic (exact) mass is 361 g/mol. The summed E-state index contributed by atoms with van der Waals surface area (Å²) in [6, 6.07) is 16.7. The van der Waals surface area contributed by atoms with Crippen molar-refractivity contribution < 1.29 is 9.00 Å². The van der Waals surface area contributed by atoms with Crippen LogP contribution in [0.3, 0.4) is 0 Å². The number of carbonyl (C=O) groups excluding carboxylic acids is 1. The van der Waals surface area contributed by atoms with Gasteiger partial charge in [0.1, 0.15) is 0 Å². The number of halogens is 1. The van der Waals surface area contributed by atoms with Gasteiger partial charge in [0, 0.05) is 10.0 Å². The smallest absolute Gasteiger partial charge is 0.266 e. The molecule has 0 spiro atoms. The van der Waals surface area contributed by atoms with Crippen LogP contribution in [0.25, 0.3) is 6.08 Å². The van der Waals surface area contributed by atoms with Crippen LogP contribution >= 0.6 is 15.9 Å². The van der Waals surface area contributed by atoms with Crippen molar-refractivity contribution in [1.82, 2.24) is 0 Å². The van der Waals surface area contributed by atoms with Crippen LogP contribution in [0.2, 0.25) is 0 Å². The molecular formula is C16H12BrNO2S. The van der Waals surface area contributed by atoms with Gasteiger partial charge in [-0.1, -0.05) is 42.5 Å². The summed E-state index contributed by atoms with van der Waals surface area (Å²) in [4.78, 5) is 12.6. The molecule has 0 saturated heterocycles. The van der Waals surface area contributed by atoms with E-state index in [2.05, 4.69) is 20.3 Å². The summed E-state index contributed by atoms with van der Waals surface area (Å²) in [7, 11) is -2.72. The van der Waals surface area contributed by atoms with Gasteiger partial charge in [0.05, 0.1) is 20.4 Å². The Kier molecular flexibility index (Phi) is 3.78. The molecule has 1 atom stereocenters. The van der Waals surface area contributed by atoms with Gasteiger partial charge in [0.15, 0.2) is 0 Å². The molecule has 106 valence electrons. The zero-order valence-electron chi connectivity index (χ0n) is 11.0. The van der Waals surface area contributed by atoms with Gasteiger partial charge in [-0.2, -0.15) is 4.36 Å². The van der Waals surface area contributed by atoms with Crippen molar-refractivity contribution in [1.29, 1.82) is 0 Å². The average Bonchev–Trinajstić information content (AvgIpc) is 2.76. The van der Waals surface area contributed by atoms with Crippen molar-refractivity contribution in [2.24, 2.45) is 4.36 Å². The highest BCUT2D eigenvalue weighted by atomic mass is 79.9. The zero-order chi connectivity index (χ0) is 14.9. The van der Waals surface area contributed by atoms with Gasteiger partial charge in [-0.3, -0.25) is 4.79 Å². The van der Waals surface area contributed by atoms with Crippen molar-refractivity contribution in [3.63, 3.8) is 0 Å². The lowest BCUT2D eigenvalue weighted by atomic mass is 10.1. The molecule has 1 aliphatic rings. The molecular weight excluding hydrogens is 350 g/mol. The minimum Gasteiger partial charge on any atom is -0.266 e. The molecule has 0 aromatic heterocycles. The lowest BCUT2D eigenvalue weighted by Crippen LogP contribution is -2.03. The van der Waals surface area contributed by atoms with E-state index in [9.17, 15) is 9.00 Å². The normalized spacial score (nSPS) is 23.3. The molecule has 0 N–H and O–H groups in total. The Labute approximate surface area is 132 Å². The number of carbonyl (C=O) groups is 1. The molecule has 1 unspecified atom stereocenters. The molecule has 0 radical (unpaired) electrons. The Bertz CT molecular complexity index is 850.